The first-order chi connectivity index (χ1) is 17.4. The Bertz CT molecular complexity index is 1020. The fourth-order valence-corrected chi connectivity index (χ4v) is 6.98. The van der Waals surface area contributed by atoms with Crippen LogP contribution in [0.2, 0.25) is 0 Å². The van der Waals surface area contributed by atoms with E-state index in [1.165, 1.54) is 36.3 Å². The van der Waals surface area contributed by atoms with Gasteiger partial charge in [-0.05, 0) is 56.6 Å². The third-order valence-electron chi connectivity index (χ3n) is 7.14. The number of halogens is 1. The maximum absolute atomic E-state index is 14.3. The van der Waals surface area contributed by atoms with Gasteiger partial charge in [-0.15, -0.1) is 11.8 Å². The van der Waals surface area contributed by atoms with Gasteiger partial charge in [0.1, 0.15) is 5.82 Å². The Morgan fingerprint density at radius 2 is 1.86 bits per heavy atom. The molecule has 7 nitrogen and oxygen atoms in total. The van der Waals surface area contributed by atoms with E-state index in [-0.39, 0.29) is 29.9 Å². The number of esters is 1. The third kappa shape index (κ3) is 6.91. The lowest BCUT2D eigenvalue weighted by Crippen LogP contribution is -2.54. The van der Waals surface area contributed by atoms with Crippen molar-refractivity contribution in [2.75, 3.05) is 36.2 Å². The van der Waals surface area contributed by atoms with Crippen LogP contribution < -0.4 is 10.2 Å². The number of methoxy groups -OCH3 is 1. The number of benzene rings is 1. The highest BCUT2D eigenvalue weighted by Crippen LogP contribution is 2.34. The van der Waals surface area contributed by atoms with E-state index >= 15 is 0 Å². The lowest BCUT2D eigenvalue weighted by Gasteiger charge is -2.44. The number of thioether (sulfide) groups is 1. The number of hydrogen-bond donors (Lipinski definition) is 1. The molecule has 1 saturated carbocycles. The van der Waals surface area contributed by atoms with Crippen molar-refractivity contribution in [2.45, 2.75) is 68.2 Å². The number of nitrogens with zero attached hydrogens (tertiary/aromatic N) is 3. The zero-order valence-electron chi connectivity index (χ0n) is 21.0. The van der Waals surface area contributed by atoms with Gasteiger partial charge in [-0.1, -0.05) is 30.4 Å². The molecule has 0 bridgehead atoms. The summed E-state index contributed by atoms with van der Waals surface area (Å²) in [4.78, 5) is 33.5. The largest absolute Gasteiger partial charge is 0.469 e. The Morgan fingerprint density at radius 3 is 2.56 bits per heavy atom. The summed E-state index contributed by atoms with van der Waals surface area (Å²) in [6.07, 6.45) is 7.95. The molecule has 36 heavy (non-hydrogen) atoms. The molecule has 0 radical (unpaired) electrons. The molecular weight excluding hydrogens is 499 g/mol. The number of aromatic nitrogens is 1. The normalized spacial score (nSPS) is 20.7. The summed E-state index contributed by atoms with van der Waals surface area (Å²) in [5.74, 6) is 0.863. The zero-order chi connectivity index (χ0) is 25.5. The number of ether oxygens (including phenoxy) is 1. The molecule has 1 N–H and O–H groups in total. The first-order valence-electron chi connectivity index (χ1n) is 12.7. The second kappa shape index (κ2) is 12.8. The van der Waals surface area contributed by atoms with Crippen LogP contribution in [0.25, 0.3) is 0 Å². The molecule has 1 aromatic heterocycles. The Hall–Kier alpha value is -2.33. The highest BCUT2D eigenvalue weighted by molar-refractivity contribution is 8.01. The van der Waals surface area contributed by atoms with Gasteiger partial charge in [-0.25, -0.2) is 14.2 Å². The molecule has 0 atom stereocenters. The summed E-state index contributed by atoms with van der Waals surface area (Å²) in [5, 5.41) is 3.61. The summed E-state index contributed by atoms with van der Waals surface area (Å²) < 4.78 is 20.0. The number of rotatable bonds is 8. The molecule has 1 aliphatic heterocycles. The number of hydrogen-bond acceptors (Lipinski definition) is 7. The van der Waals surface area contributed by atoms with Crippen LogP contribution in [0.15, 0.2) is 34.7 Å². The van der Waals surface area contributed by atoms with Gasteiger partial charge in [-0.3, -0.25) is 10.1 Å². The van der Waals surface area contributed by atoms with Crippen molar-refractivity contribution >= 4 is 45.9 Å². The standard InChI is InChI=1S/C26H35FN4O3S2/c1-18-7-9-19(10-8-18)31(20-11-14-30(15-12-20)22-6-4-3-5-21(22)27)26(33)29-25-28-17-24(36-25)35-16-13-23(32)34-2/h3-6,17-20H,7-16H2,1-2H3,(H,28,29,33)/t18-,19-. The van der Waals surface area contributed by atoms with Gasteiger partial charge < -0.3 is 14.5 Å². The molecule has 2 aliphatic rings. The maximum Gasteiger partial charge on any atom is 0.324 e. The van der Waals surface area contributed by atoms with Crippen LogP contribution in [0.5, 0.6) is 0 Å². The molecule has 2 heterocycles. The van der Waals surface area contributed by atoms with Crippen LogP contribution in [0.1, 0.15) is 51.9 Å². The number of piperidine rings is 1. The van der Waals surface area contributed by atoms with Crippen molar-refractivity contribution in [3.8, 4) is 0 Å². The van der Waals surface area contributed by atoms with E-state index in [9.17, 15) is 14.0 Å². The molecule has 0 unspecified atom stereocenters. The molecule has 10 heteroatoms. The van der Waals surface area contributed by atoms with Gasteiger partial charge in [-0.2, -0.15) is 0 Å². The van der Waals surface area contributed by atoms with Gasteiger partial charge in [0, 0.05) is 30.9 Å². The summed E-state index contributed by atoms with van der Waals surface area (Å²) in [6.45, 7) is 3.72. The van der Waals surface area contributed by atoms with E-state index in [2.05, 4.69) is 31.8 Å². The highest BCUT2D eigenvalue weighted by atomic mass is 32.2. The Kier molecular flexibility index (Phi) is 9.47. The Labute approximate surface area is 220 Å². The van der Waals surface area contributed by atoms with Gasteiger partial charge in [0.05, 0.1) is 29.6 Å². The van der Waals surface area contributed by atoms with Crippen LogP contribution in [0, 0.1) is 11.7 Å². The number of amides is 2. The summed E-state index contributed by atoms with van der Waals surface area (Å²) in [6, 6.07) is 7.12. The van der Waals surface area contributed by atoms with Crippen molar-refractivity contribution in [3.63, 3.8) is 0 Å². The monoisotopic (exact) mass is 534 g/mol. The van der Waals surface area contributed by atoms with Crippen molar-refractivity contribution in [3.05, 3.63) is 36.3 Å². The molecule has 196 valence electrons. The van der Waals surface area contributed by atoms with Gasteiger partial charge in [0.25, 0.3) is 0 Å². The minimum Gasteiger partial charge on any atom is -0.469 e. The Balaban J connectivity index is 1.40. The number of carbonyl (C=O) groups excluding carboxylic acids is 2. The number of nitrogens with one attached hydrogen (secondary N) is 1. The average Bonchev–Trinajstić information content (AvgIpc) is 3.33. The van der Waals surface area contributed by atoms with E-state index in [0.29, 0.717) is 28.9 Å². The predicted octanol–water partition coefficient (Wildman–Crippen LogP) is 6.02. The summed E-state index contributed by atoms with van der Waals surface area (Å²) in [5.41, 5.74) is 0.637. The van der Waals surface area contributed by atoms with Crippen molar-refractivity contribution < 1.29 is 18.7 Å². The number of para-hydroxylation sites is 1. The Morgan fingerprint density at radius 1 is 1.17 bits per heavy atom. The number of carbonyl (C=O) groups is 2. The lowest BCUT2D eigenvalue weighted by molar-refractivity contribution is -0.140. The first-order valence-corrected chi connectivity index (χ1v) is 14.5. The minimum absolute atomic E-state index is 0.0978. The van der Waals surface area contributed by atoms with Crippen LogP contribution in [-0.4, -0.2) is 59.9 Å². The van der Waals surface area contributed by atoms with Crippen LogP contribution in [-0.2, 0) is 9.53 Å². The second-order valence-electron chi connectivity index (χ2n) is 9.58. The molecule has 2 aromatic rings. The fraction of sp³-hybridized carbons (Fsp3) is 0.577. The molecule has 4 rings (SSSR count). The molecule has 1 aliphatic carbocycles. The van der Waals surface area contributed by atoms with Crippen LogP contribution >= 0.6 is 23.1 Å². The average molecular weight is 535 g/mol. The van der Waals surface area contributed by atoms with E-state index in [4.69, 9.17) is 0 Å². The zero-order valence-corrected chi connectivity index (χ0v) is 22.6. The maximum atomic E-state index is 14.3. The second-order valence-corrected chi connectivity index (χ2v) is 12.0. The van der Waals surface area contributed by atoms with E-state index in [0.717, 1.165) is 55.8 Å². The molecule has 0 spiro atoms. The summed E-state index contributed by atoms with van der Waals surface area (Å²) >= 11 is 2.95. The first kappa shape index (κ1) is 26.7. The van der Waals surface area contributed by atoms with Crippen LogP contribution in [0.4, 0.5) is 20.0 Å². The van der Waals surface area contributed by atoms with Crippen molar-refractivity contribution in [1.82, 2.24) is 9.88 Å². The molecular formula is C26H35FN4O3S2. The number of urea groups is 1. The van der Waals surface area contributed by atoms with Gasteiger partial charge >= 0.3 is 12.0 Å². The quantitative estimate of drug-likeness (QED) is 0.330. The smallest absolute Gasteiger partial charge is 0.324 e. The number of anilines is 2. The van der Waals surface area contributed by atoms with Crippen molar-refractivity contribution in [1.29, 1.82) is 0 Å². The molecule has 2 amide bonds. The fourth-order valence-electron chi connectivity index (χ4n) is 5.12. The van der Waals surface area contributed by atoms with E-state index in [1.54, 1.807) is 12.3 Å². The molecule has 1 saturated heterocycles. The third-order valence-corrected chi connectivity index (χ3v) is 9.25. The van der Waals surface area contributed by atoms with Gasteiger partial charge in [0.15, 0.2) is 5.13 Å². The van der Waals surface area contributed by atoms with E-state index in [1.807, 2.05) is 12.1 Å². The molecule has 1 aromatic carbocycles. The topological polar surface area (TPSA) is 74.8 Å². The minimum atomic E-state index is -0.237. The predicted molar refractivity (Wildman–Crippen MR) is 143 cm³/mol. The highest BCUT2D eigenvalue weighted by Gasteiger charge is 2.35. The summed E-state index contributed by atoms with van der Waals surface area (Å²) in [7, 11) is 1.38. The number of thiazole rings is 1. The van der Waals surface area contributed by atoms with Crippen molar-refractivity contribution in [2.24, 2.45) is 5.92 Å². The van der Waals surface area contributed by atoms with Gasteiger partial charge in [0.2, 0.25) is 0 Å². The molecule has 2 fully saturated rings. The SMILES string of the molecule is COC(=O)CCSc1cnc(NC(=O)N(C2CCN(c3ccccc3F)CC2)[C@H]2CC[C@H](C)CC2)s1. The lowest BCUT2D eigenvalue weighted by atomic mass is 9.85. The van der Waals surface area contributed by atoms with Crippen LogP contribution in [0.3, 0.4) is 0 Å². The van der Waals surface area contributed by atoms with E-state index < -0.39 is 0 Å².